The largest absolute Gasteiger partial charge is 0.481 e. The van der Waals surface area contributed by atoms with Crippen LogP contribution in [0.4, 0.5) is 0 Å². The maximum atomic E-state index is 11.8. The molecule has 1 atom stereocenters. The Morgan fingerprint density at radius 1 is 1.45 bits per heavy atom. The minimum Gasteiger partial charge on any atom is -0.481 e. The number of unbranched alkanes of at least 4 members (excludes halogenated alkanes) is 1. The van der Waals surface area contributed by atoms with Gasteiger partial charge in [0.25, 0.3) is 5.91 Å². The molecule has 6 heteroatoms. The number of nitrogens with one attached hydrogen (secondary N) is 1. The molecule has 1 amide bonds. The molecule has 3 N–H and O–H groups in total. The van der Waals surface area contributed by atoms with Gasteiger partial charge in [-0.05, 0) is 57.0 Å². The van der Waals surface area contributed by atoms with Gasteiger partial charge in [0.2, 0.25) is 0 Å². The minimum atomic E-state index is -0.529. The summed E-state index contributed by atoms with van der Waals surface area (Å²) in [4.78, 5) is 11.8. The van der Waals surface area contributed by atoms with Crippen molar-refractivity contribution in [2.45, 2.75) is 32.8 Å². The van der Waals surface area contributed by atoms with E-state index in [9.17, 15) is 4.79 Å². The van der Waals surface area contributed by atoms with Crippen LogP contribution < -0.4 is 15.8 Å². The van der Waals surface area contributed by atoms with Crippen molar-refractivity contribution in [2.24, 2.45) is 5.73 Å². The van der Waals surface area contributed by atoms with Crippen LogP contribution in [-0.4, -0.2) is 25.1 Å². The van der Waals surface area contributed by atoms with Crippen LogP contribution in [0.2, 0.25) is 5.02 Å². The highest BCUT2D eigenvalue weighted by atomic mass is 35.5. The summed E-state index contributed by atoms with van der Waals surface area (Å²) in [6.45, 7) is 4.89. The van der Waals surface area contributed by atoms with Crippen LogP contribution in [0.1, 0.15) is 25.3 Å². The van der Waals surface area contributed by atoms with E-state index in [4.69, 9.17) is 22.1 Å². The van der Waals surface area contributed by atoms with Crippen LogP contribution >= 0.6 is 24.0 Å². The number of benzene rings is 1. The molecule has 0 aliphatic heterocycles. The predicted molar refractivity (Wildman–Crippen MR) is 84.8 cm³/mol. The second-order valence-corrected chi connectivity index (χ2v) is 4.87. The van der Waals surface area contributed by atoms with Crippen molar-refractivity contribution < 1.29 is 9.53 Å². The molecule has 0 saturated heterocycles. The van der Waals surface area contributed by atoms with Crippen molar-refractivity contribution >= 4 is 29.9 Å². The van der Waals surface area contributed by atoms with E-state index in [1.165, 1.54) is 0 Å². The fraction of sp³-hybridized carbons (Fsp3) is 0.500. The van der Waals surface area contributed by atoms with Gasteiger partial charge in [0.15, 0.2) is 6.10 Å². The molecule has 0 saturated carbocycles. The molecule has 1 aromatic rings. The SMILES string of the molecule is Cc1cc(OC(C)C(=O)NCCCCN)ccc1Cl.Cl. The summed E-state index contributed by atoms with van der Waals surface area (Å²) in [6, 6.07) is 5.34. The number of nitrogens with two attached hydrogens (primary N) is 1. The lowest BCUT2D eigenvalue weighted by molar-refractivity contribution is -0.127. The molecule has 0 spiro atoms. The van der Waals surface area contributed by atoms with Gasteiger partial charge in [-0.3, -0.25) is 4.79 Å². The second kappa shape index (κ2) is 9.86. The van der Waals surface area contributed by atoms with Crippen molar-refractivity contribution in [2.75, 3.05) is 13.1 Å². The van der Waals surface area contributed by atoms with Crippen LogP contribution in [0.15, 0.2) is 18.2 Å². The summed E-state index contributed by atoms with van der Waals surface area (Å²) in [5, 5.41) is 3.50. The Labute approximate surface area is 131 Å². The predicted octanol–water partition coefficient (Wildman–Crippen LogP) is 2.69. The molecule has 1 aromatic carbocycles. The number of aryl methyl sites for hydroxylation is 1. The Hall–Kier alpha value is -0.970. The van der Waals surface area contributed by atoms with Crippen molar-refractivity contribution in [1.29, 1.82) is 0 Å². The zero-order valence-corrected chi connectivity index (χ0v) is 13.4. The standard InChI is InChI=1S/C14H21ClN2O2.ClH/c1-10-9-12(5-6-13(10)15)19-11(2)14(18)17-8-4-3-7-16;/h5-6,9,11H,3-4,7-8,16H2,1-2H3,(H,17,18);1H. The first-order chi connectivity index (χ1) is 9.04. The van der Waals surface area contributed by atoms with Crippen LogP contribution in [-0.2, 0) is 4.79 Å². The number of amides is 1. The third-order valence-electron chi connectivity index (χ3n) is 2.74. The molecule has 0 aliphatic carbocycles. The lowest BCUT2D eigenvalue weighted by atomic mass is 10.2. The number of rotatable bonds is 7. The topological polar surface area (TPSA) is 64.3 Å². The fourth-order valence-corrected chi connectivity index (χ4v) is 1.69. The van der Waals surface area contributed by atoms with Gasteiger partial charge >= 0.3 is 0 Å². The van der Waals surface area contributed by atoms with Crippen LogP contribution in [0.25, 0.3) is 0 Å². The quantitative estimate of drug-likeness (QED) is 0.759. The van der Waals surface area contributed by atoms with E-state index < -0.39 is 6.10 Å². The number of carbonyl (C=O) groups excluding carboxylic acids is 1. The molecule has 0 fully saturated rings. The number of hydrogen-bond acceptors (Lipinski definition) is 3. The van der Waals surface area contributed by atoms with Gasteiger partial charge < -0.3 is 15.8 Å². The van der Waals surface area contributed by atoms with Crippen molar-refractivity contribution in [3.63, 3.8) is 0 Å². The third-order valence-corrected chi connectivity index (χ3v) is 3.17. The van der Waals surface area contributed by atoms with Gasteiger partial charge in [0.05, 0.1) is 0 Å². The first-order valence-corrected chi connectivity index (χ1v) is 6.83. The van der Waals surface area contributed by atoms with Crippen molar-refractivity contribution in [3.05, 3.63) is 28.8 Å². The Morgan fingerprint density at radius 2 is 2.15 bits per heavy atom. The summed E-state index contributed by atoms with van der Waals surface area (Å²) in [7, 11) is 0. The van der Waals surface area contributed by atoms with Crippen molar-refractivity contribution in [1.82, 2.24) is 5.32 Å². The molecule has 0 radical (unpaired) electrons. The first kappa shape index (κ1) is 19.0. The molecule has 20 heavy (non-hydrogen) atoms. The summed E-state index contributed by atoms with van der Waals surface area (Å²) >= 11 is 5.93. The van der Waals surface area contributed by atoms with Crippen molar-refractivity contribution in [3.8, 4) is 5.75 Å². The van der Waals surface area contributed by atoms with E-state index in [-0.39, 0.29) is 18.3 Å². The Kier molecular flexibility index (Phi) is 9.38. The van der Waals surface area contributed by atoms with E-state index in [2.05, 4.69) is 5.32 Å². The van der Waals surface area contributed by atoms with Gasteiger partial charge in [0.1, 0.15) is 5.75 Å². The van der Waals surface area contributed by atoms with Gasteiger partial charge in [0, 0.05) is 11.6 Å². The van der Waals surface area contributed by atoms with Crippen LogP contribution in [0.3, 0.4) is 0 Å². The molecular weight excluding hydrogens is 299 g/mol. The zero-order valence-electron chi connectivity index (χ0n) is 11.8. The van der Waals surface area contributed by atoms with E-state index in [0.717, 1.165) is 18.4 Å². The van der Waals surface area contributed by atoms with E-state index >= 15 is 0 Å². The molecule has 0 heterocycles. The molecular formula is C14H22Cl2N2O2. The Bertz CT molecular complexity index is 428. The Morgan fingerprint density at radius 3 is 2.75 bits per heavy atom. The lowest BCUT2D eigenvalue weighted by Gasteiger charge is -2.15. The number of hydrogen-bond donors (Lipinski definition) is 2. The smallest absolute Gasteiger partial charge is 0.260 e. The maximum absolute atomic E-state index is 11.8. The van der Waals surface area contributed by atoms with Crippen LogP contribution in [0, 0.1) is 6.92 Å². The highest BCUT2D eigenvalue weighted by molar-refractivity contribution is 6.31. The molecule has 4 nitrogen and oxygen atoms in total. The molecule has 0 aliphatic rings. The van der Waals surface area contributed by atoms with E-state index in [1.54, 1.807) is 19.1 Å². The molecule has 1 unspecified atom stereocenters. The van der Waals surface area contributed by atoms with Gasteiger partial charge in [-0.2, -0.15) is 0 Å². The minimum absolute atomic E-state index is 0. The Balaban J connectivity index is 0.00000361. The van der Waals surface area contributed by atoms with Gasteiger partial charge in [-0.1, -0.05) is 11.6 Å². The summed E-state index contributed by atoms with van der Waals surface area (Å²) in [5.41, 5.74) is 6.31. The van der Waals surface area contributed by atoms with Gasteiger partial charge in [-0.25, -0.2) is 0 Å². The monoisotopic (exact) mass is 320 g/mol. The fourth-order valence-electron chi connectivity index (χ4n) is 1.57. The highest BCUT2D eigenvalue weighted by Crippen LogP contribution is 2.21. The first-order valence-electron chi connectivity index (χ1n) is 6.45. The zero-order chi connectivity index (χ0) is 14.3. The average molecular weight is 321 g/mol. The third kappa shape index (κ3) is 6.46. The average Bonchev–Trinajstić information content (AvgIpc) is 2.38. The van der Waals surface area contributed by atoms with Gasteiger partial charge in [-0.15, -0.1) is 12.4 Å². The second-order valence-electron chi connectivity index (χ2n) is 4.46. The van der Waals surface area contributed by atoms with E-state index in [1.807, 2.05) is 13.0 Å². The molecule has 0 aromatic heterocycles. The van der Waals surface area contributed by atoms with Crippen LogP contribution in [0.5, 0.6) is 5.75 Å². The summed E-state index contributed by atoms with van der Waals surface area (Å²) in [5.74, 6) is 0.524. The molecule has 0 bridgehead atoms. The number of halogens is 2. The normalized spacial score (nSPS) is 11.4. The molecule has 1 rings (SSSR count). The van der Waals surface area contributed by atoms with E-state index in [0.29, 0.717) is 23.9 Å². The lowest BCUT2D eigenvalue weighted by Crippen LogP contribution is -2.36. The molecule has 114 valence electrons. The maximum Gasteiger partial charge on any atom is 0.260 e. The number of ether oxygens (including phenoxy) is 1. The summed E-state index contributed by atoms with van der Waals surface area (Å²) < 4.78 is 5.57. The highest BCUT2D eigenvalue weighted by Gasteiger charge is 2.14. The summed E-state index contributed by atoms with van der Waals surface area (Å²) in [6.07, 6.45) is 1.26. The number of carbonyl (C=O) groups is 1.